The molecule has 1 saturated heterocycles. The molecule has 136 valence electrons. The van der Waals surface area contributed by atoms with Gasteiger partial charge in [-0.1, -0.05) is 44.0 Å². The van der Waals surface area contributed by atoms with Gasteiger partial charge in [-0.05, 0) is 79.4 Å². The largest absolute Gasteiger partial charge is 0.381 e. The van der Waals surface area contributed by atoms with Crippen molar-refractivity contribution in [2.45, 2.75) is 30.8 Å². The molecule has 1 fully saturated rings. The molecule has 2 aromatic rings. The molecule has 1 N–H and O–H groups in total. The van der Waals surface area contributed by atoms with Crippen molar-refractivity contribution < 1.29 is 9.90 Å². The zero-order valence-corrected chi connectivity index (χ0v) is 17.8. The van der Waals surface area contributed by atoms with Crippen LogP contribution in [0.5, 0.6) is 0 Å². The van der Waals surface area contributed by atoms with Crippen molar-refractivity contribution in [3.63, 3.8) is 0 Å². The minimum Gasteiger partial charge on any atom is -0.381 e. The van der Waals surface area contributed by atoms with E-state index >= 15 is 0 Å². The van der Waals surface area contributed by atoms with Gasteiger partial charge >= 0.3 is 0 Å². The Hall–Kier alpha value is -1.01. The number of β-amino-alcohol motifs (C(OH)–C–C–N with tert-alkyl or cyclic N) is 1. The highest BCUT2D eigenvalue weighted by atomic mass is 79.9. The third-order valence-electron chi connectivity index (χ3n) is 5.79. The molecule has 5 heteroatoms. The third kappa shape index (κ3) is 2.99. The first-order valence-corrected chi connectivity index (χ1v) is 10.4. The molecule has 3 nitrogen and oxygen atoms in total. The average Bonchev–Trinajstić information content (AvgIpc) is 2.86. The highest BCUT2D eigenvalue weighted by molar-refractivity contribution is 9.10. The molecule has 1 unspecified atom stereocenters. The Bertz CT molecular complexity index is 817. The van der Waals surface area contributed by atoms with Gasteiger partial charge in [-0.25, -0.2) is 0 Å². The van der Waals surface area contributed by atoms with E-state index in [9.17, 15) is 9.90 Å². The number of hydrogen-bond acceptors (Lipinski definition) is 3. The van der Waals surface area contributed by atoms with E-state index in [1.165, 1.54) is 22.3 Å². The third-order valence-corrected chi connectivity index (χ3v) is 6.78. The molecule has 26 heavy (non-hydrogen) atoms. The number of carbonyl (C=O) groups excluding carboxylic acids is 1. The summed E-state index contributed by atoms with van der Waals surface area (Å²) < 4.78 is 2.21. The van der Waals surface area contributed by atoms with E-state index in [0.29, 0.717) is 12.8 Å². The lowest BCUT2D eigenvalue weighted by Crippen LogP contribution is -2.48. The van der Waals surface area contributed by atoms with Gasteiger partial charge in [0.05, 0.1) is 0 Å². The second-order valence-corrected chi connectivity index (χ2v) is 9.54. The van der Waals surface area contributed by atoms with E-state index in [4.69, 9.17) is 0 Å². The summed E-state index contributed by atoms with van der Waals surface area (Å²) in [5, 5.41) is 10.1. The number of benzene rings is 2. The zero-order chi connectivity index (χ0) is 18.5. The maximum atomic E-state index is 11.1. The predicted octanol–water partition coefficient (Wildman–Crippen LogP) is 4.52. The summed E-state index contributed by atoms with van der Waals surface area (Å²) in [7, 11) is 0. The van der Waals surface area contributed by atoms with Crippen molar-refractivity contribution in [2.75, 3.05) is 19.6 Å². The van der Waals surface area contributed by atoms with Crippen LogP contribution >= 0.6 is 31.9 Å². The lowest BCUT2D eigenvalue weighted by molar-refractivity contribution is -0.124. The van der Waals surface area contributed by atoms with Gasteiger partial charge in [-0.15, -0.1) is 0 Å². The second kappa shape index (κ2) is 6.55. The van der Waals surface area contributed by atoms with Gasteiger partial charge < -0.3 is 9.90 Å². The minimum atomic E-state index is -1.28. The molecular weight excluding hydrogens is 458 g/mol. The summed E-state index contributed by atoms with van der Waals surface area (Å²) in [5.41, 5.74) is 4.15. The number of piperidine rings is 1. The van der Waals surface area contributed by atoms with E-state index in [-0.39, 0.29) is 5.41 Å². The standard InChI is InChI=1S/C21H21Br2NO2/c1-20(26,13-25)12-24-8-6-21(7-9-24)18-10-14(22)2-4-16(18)17-5-3-15(23)11-19(17)21/h2-5,10-11,13,26H,6-9,12H2,1H3. The molecule has 1 heterocycles. The second-order valence-electron chi connectivity index (χ2n) is 7.71. The molecule has 1 atom stereocenters. The van der Waals surface area contributed by atoms with Gasteiger partial charge in [0.1, 0.15) is 5.60 Å². The van der Waals surface area contributed by atoms with Gasteiger partial charge in [-0.2, -0.15) is 0 Å². The van der Waals surface area contributed by atoms with Crippen molar-refractivity contribution in [1.82, 2.24) is 4.90 Å². The van der Waals surface area contributed by atoms with Gasteiger partial charge in [0.15, 0.2) is 6.29 Å². The fourth-order valence-electron chi connectivity index (χ4n) is 4.56. The van der Waals surface area contributed by atoms with Crippen molar-refractivity contribution >= 4 is 38.1 Å². The molecule has 1 aliphatic heterocycles. The number of aliphatic hydroxyl groups is 1. The SMILES string of the molecule is CC(O)(C=O)CN1CCC2(CC1)c1cc(Br)ccc1-c1ccc(Br)cc12. The lowest BCUT2D eigenvalue weighted by Gasteiger charge is -2.42. The van der Waals surface area contributed by atoms with E-state index < -0.39 is 5.60 Å². The fraction of sp³-hybridized carbons (Fsp3) is 0.381. The highest BCUT2D eigenvalue weighted by Crippen LogP contribution is 2.55. The maximum Gasteiger partial charge on any atom is 0.152 e. The molecular formula is C21H21Br2NO2. The van der Waals surface area contributed by atoms with Crippen molar-refractivity contribution in [1.29, 1.82) is 0 Å². The molecule has 2 aliphatic rings. The summed E-state index contributed by atoms with van der Waals surface area (Å²) in [4.78, 5) is 13.3. The first-order chi connectivity index (χ1) is 12.3. The number of nitrogens with zero attached hydrogens (tertiary/aromatic N) is 1. The van der Waals surface area contributed by atoms with Crippen molar-refractivity contribution in [3.05, 3.63) is 56.5 Å². The van der Waals surface area contributed by atoms with Crippen LogP contribution in [0.25, 0.3) is 11.1 Å². The number of aldehydes is 1. The maximum absolute atomic E-state index is 11.1. The Labute approximate surface area is 170 Å². The van der Waals surface area contributed by atoms with Crippen LogP contribution in [0.1, 0.15) is 30.9 Å². The van der Waals surface area contributed by atoms with E-state index in [1.54, 1.807) is 6.92 Å². The Morgan fingerprint density at radius 3 is 2.04 bits per heavy atom. The van der Waals surface area contributed by atoms with Crippen molar-refractivity contribution in [2.24, 2.45) is 0 Å². The summed E-state index contributed by atoms with van der Waals surface area (Å²) in [6.07, 6.45) is 2.61. The van der Waals surface area contributed by atoms with Gasteiger partial charge in [0.2, 0.25) is 0 Å². The monoisotopic (exact) mass is 477 g/mol. The molecule has 0 radical (unpaired) electrons. The normalized spacial score (nSPS) is 20.5. The van der Waals surface area contributed by atoms with Crippen LogP contribution in [-0.4, -0.2) is 41.5 Å². The van der Waals surface area contributed by atoms with Gasteiger partial charge in [0, 0.05) is 20.9 Å². The van der Waals surface area contributed by atoms with Crippen molar-refractivity contribution in [3.8, 4) is 11.1 Å². The molecule has 4 rings (SSSR count). The van der Waals surface area contributed by atoms with Crippen LogP contribution in [0.2, 0.25) is 0 Å². The fourth-order valence-corrected chi connectivity index (χ4v) is 5.28. The molecule has 0 aromatic heterocycles. The first kappa shape index (κ1) is 18.4. The molecule has 0 amide bonds. The average molecular weight is 479 g/mol. The number of halogens is 2. The topological polar surface area (TPSA) is 40.5 Å². The number of fused-ring (bicyclic) bond motifs is 5. The van der Waals surface area contributed by atoms with E-state index in [2.05, 4.69) is 73.2 Å². The number of hydrogen-bond donors (Lipinski definition) is 1. The van der Waals surface area contributed by atoms with Crippen LogP contribution in [0, 0.1) is 0 Å². The molecule has 0 bridgehead atoms. The first-order valence-electron chi connectivity index (χ1n) is 8.86. The quantitative estimate of drug-likeness (QED) is 0.659. The number of likely N-dealkylation sites (tertiary alicyclic amines) is 1. The molecule has 0 saturated carbocycles. The smallest absolute Gasteiger partial charge is 0.152 e. The molecule has 2 aromatic carbocycles. The molecule has 1 aliphatic carbocycles. The highest BCUT2D eigenvalue weighted by Gasteiger charge is 2.45. The van der Waals surface area contributed by atoms with Crippen LogP contribution in [-0.2, 0) is 10.2 Å². The Balaban J connectivity index is 1.72. The minimum absolute atomic E-state index is 0.00175. The number of rotatable bonds is 3. The van der Waals surface area contributed by atoms with E-state index in [1.807, 2.05) is 0 Å². The lowest BCUT2D eigenvalue weighted by atomic mass is 9.71. The zero-order valence-electron chi connectivity index (χ0n) is 14.6. The number of carbonyl (C=O) groups is 1. The van der Waals surface area contributed by atoms with Gasteiger partial charge in [0.25, 0.3) is 0 Å². The Kier molecular flexibility index (Phi) is 4.63. The van der Waals surface area contributed by atoms with Crippen LogP contribution < -0.4 is 0 Å². The summed E-state index contributed by atoms with van der Waals surface area (Å²) in [6.45, 7) is 3.70. The van der Waals surface area contributed by atoms with Gasteiger partial charge in [-0.3, -0.25) is 4.90 Å². The Morgan fingerprint density at radius 1 is 1.08 bits per heavy atom. The molecule has 1 spiro atoms. The Morgan fingerprint density at radius 2 is 1.58 bits per heavy atom. The summed E-state index contributed by atoms with van der Waals surface area (Å²) in [6, 6.07) is 13.2. The summed E-state index contributed by atoms with van der Waals surface area (Å²) in [5.74, 6) is 0. The van der Waals surface area contributed by atoms with Crippen LogP contribution in [0.15, 0.2) is 45.3 Å². The van der Waals surface area contributed by atoms with E-state index in [0.717, 1.165) is 34.9 Å². The predicted molar refractivity (Wildman–Crippen MR) is 110 cm³/mol. The van der Waals surface area contributed by atoms with Crippen LogP contribution in [0.3, 0.4) is 0 Å². The summed E-state index contributed by atoms with van der Waals surface area (Å²) >= 11 is 7.29. The van der Waals surface area contributed by atoms with Crippen LogP contribution in [0.4, 0.5) is 0 Å².